The molecule has 0 fully saturated rings. The van der Waals surface area contributed by atoms with Crippen LogP contribution in [0.25, 0.3) is 0 Å². The maximum absolute atomic E-state index is 11.2. The molecule has 1 aromatic rings. The molecule has 0 saturated heterocycles. The van der Waals surface area contributed by atoms with Crippen LogP contribution in [0.4, 0.5) is 0 Å². The van der Waals surface area contributed by atoms with Gasteiger partial charge in [0.05, 0.1) is 0 Å². The highest BCUT2D eigenvalue weighted by molar-refractivity contribution is 5.76. The minimum Gasteiger partial charge on any atom is -0.480 e. The lowest BCUT2D eigenvalue weighted by Crippen LogP contribution is -2.29. The monoisotopic (exact) mass is 221 g/mol. The Kier molecular flexibility index (Phi) is 4.50. The number of aliphatic carboxylic acids is 1. The quantitative estimate of drug-likeness (QED) is 0.802. The maximum Gasteiger partial charge on any atom is 0.325 e. The van der Waals surface area contributed by atoms with E-state index < -0.39 is 12.0 Å². The zero-order chi connectivity index (χ0) is 12.1. The van der Waals surface area contributed by atoms with Gasteiger partial charge in [0.15, 0.2) is 0 Å². The molecule has 3 heteroatoms. The van der Waals surface area contributed by atoms with Crippen molar-refractivity contribution in [3.05, 3.63) is 34.9 Å². The molecule has 2 N–H and O–H groups in total. The summed E-state index contributed by atoms with van der Waals surface area (Å²) >= 11 is 0. The van der Waals surface area contributed by atoms with Gasteiger partial charge in [-0.1, -0.05) is 25.1 Å². The van der Waals surface area contributed by atoms with E-state index in [4.69, 9.17) is 0 Å². The van der Waals surface area contributed by atoms with Gasteiger partial charge in [-0.25, -0.2) is 0 Å². The van der Waals surface area contributed by atoms with Gasteiger partial charge in [-0.05, 0) is 43.5 Å². The van der Waals surface area contributed by atoms with Crippen LogP contribution in [0.3, 0.4) is 0 Å². The second-order valence-electron chi connectivity index (χ2n) is 4.01. The number of carboxylic acid groups (broad SMARTS) is 1. The van der Waals surface area contributed by atoms with Crippen molar-refractivity contribution in [1.82, 2.24) is 5.32 Å². The fraction of sp³-hybridized carbons (Fsp3) is 0.462. The molecule has 0 saturated carbocycles. The van der Waals surface area contributed by atoms with E-state index in [0.717, 1.165) is 23.1 Å². The Balaban J connectivity index is 3.01. The van der Waals surface area contributed by atoms with E-state index in [-0.39, 0.29) is 0 Å². The van der Waals surface area contributed by atoms with Gasteiger partial charge < -0.3 is 10.4 Å². The van der Waals surface area contributed by atoms with Crippen LogP contribution in [0.1, 0.15) is 36.1 Å². The Bertz CT molecular complexity index is 374. The highest BCUT2D eigenvalue weighted by atomic mass is 16.4. The molecule has 1 unspecified atom stereocenters. The third kappa shape index (κ3) is 2.83. The summed E-state index contributed by atoms with van der Waals surface area (Å²) in [5, 5.41) is 12.3. The van der Waals surface area contributed by atoms with Crippen LogP contribution in [0.15, 0.2) is 18.2 Å². The molecule has 88 valence electrons. The zero-order valence-electron chi connectivity index (χ0n) is 10.1. The first-order chi connectivity index (χ1) is 7.57. The van der Waals surface area contributed by atoms with Crippen molar-refractivity contribution in [3.8, 4) is 0 Å². The number of hydrogen-bond acceptors (Lipinski definition) is 2. The van der Waals surface area contributed by atoms with Crippen LogP contribution >= 0.6 is 0 Å². The molecule has 0 heterocycles. The number of carbonyl (C=O) groups is 1. The molecule has 0 radical (unpaired) electrons. The standard InChI is InChI=1S/C13H19NO2/c1-4-8-14-12(13(15)16)11-7-5-6-9(2)10(11)3/h5-7,12,14H,4,8H2,1-3H3,(H,15,16). The molecule has 3 nitrogen and oxygen atoms in total. The molecule has 1 atom stereocenters. The third-order valence-corrected chi connectivity index (χ3v) is 2.80. The molecular formula is C13H19NO2. The van der Waals surface area contributed by atoms with E-state index in [9.17, 15) is 9.90 Å². The summed E-state index contributed by atoms with van der Waals surface area (Å²) in [6.07, 6.45) is 0.925. The van der Waals surface area contributed by atoms with Gasteiger partial charge in [-0.3, -0.25) is 4.79 Å². The van der Waals surface area contributed by atoms with Crippen LogP contribution in [-0.2, 0) is 4.79 Å². The van der Waals surface area contributed by atoms with Crippen molar-refractivity contribution < 1.29 is 9.90 Å². The Morgan fingerprint density at radius 3 is 2.69 bits per heavy atom. The molecule has 0 amide bonds. The zero-order valence-corrected chi connectivity index (χ0v) is 10.1. The van der Waals surface area contributed by atoms with E-state index in [1.807, 2.05) is 39.0 Å². The Labute approximate surface area is 96.5 Å². The SMILES string of the molecule is CCCNC(C(=O)O)c1cccc(C)c1C. The Hall–Kier alpha value is -1.35. The molecule has 0 aliphatic heterocycles. The predicted molar refractivity (Wildman–Crippen MR) is 64.6 cm³/mol. The molecular weight excluding hydrogens is 202 g/mol. The highest BCUT2D eigenvalue weighted by Crippen LogP contribution is 2.20. The van der Waals surface area contributed by atoms with Crippen LogP contribution in [0.2, 0.25) is 0 Å². The van der Waals surface area contributed by atoms with Crippen LogP contribution in [0, 0.1) is 13.8 Å². The first-order valence-corrected chi connectivity index (χ1v) is 5.60. The lowest BCUT2D eigenvalue weighted by atomic mass is 9.97. The van der Waals surface area contributed by atoms with Crippen molar-refractivity contribution in [1.29, 1.82) is 0 Å². The number of benzene rings is 1. The summed E-state index contributed by atoms with van der Waals surface area (Å²) in [6.45, 7) is 6.70. The molecule has 0 aliphatic carbocycles. The maximum atomic E-state index is 11.2. The van der Waals surface area contributed by atoms with E-state index in [1.165, 1.54) is 0 Å². The van der Waals surface area contributed by atoms with Gasteiger partial charge in [0, 0.05) is 0 Å². The molecule has 0 aliphatic rings. The largest absolute Gasteiger partial charge is 0.480 e. The molecule has 0 bridgehead atoms. The van der Waals surface area contributed by atoms with Crippen LogP contribution < -0.4 is 5.32 Å². The summed E-state index contributed by atoms with van der Waals surface area (Å²) in [6, 6.07) is 5.18. The van der Waals surface area contributed by atoms with Gasteiger partial charge in [0.1, 0.15) is 6.04 Å². The summed E-state index contributed by atoms with van der Waals surface area (Å²) < 4.78 is 0. The van der Waals surface area contributed by atoms with Crippen LogP contribution in [-0.4, -0.2) is 17.6 Å². The van der Waals surface area contributed by atoms with Gasteiger partial charge >= 0.3 is 5.97 Å². The lowest BCUT2D eigenvalue weighted by molar-refractivity contribution is -0.139. The normalized spacial score (nSPS) is 12.4. The summed E-state index contributed by atoms with van der Waals surface area (Å²) in [7, 11) is 0. The second-order valence-corrected chi connectivity index (χ2v) is 4.01. The number of rotatable bonds is 5. The number of carboxylic acids is 1. The molecule has 16 heavy (non-hydrogen) atoms. The van der Waals surface area contributed by atoms with Crippen molar-refractivity contribution >= 4 is 5.97 Å². The van der Waals surface area contributed by atoms with Crippen molar-refractivity contribution in [2.24, 2.45) is 0 Å². The minimum atomic E-state index is -0.817. The molecule has 0 spiro atoms. The second kappa shape index (κ2) is 5.66. The number of aryl methyl sites for hydroxylation is 1. The van der Waals surface area contributed by atoms with E-state index in [0.29, 0.717) is 6.54 Å². The highest BCUT2D eigenvalue weighted by Gasteiger charge is 2.20. The Morgan fingerprint density at radius 2 is 2.12 bits per heavy atom. The lowest BCUT2D eigenvalue weighted by Gasteiger charge is -2.17. The fourth-order valence-corrected chi connectivity index (χ4v) is 1.71. The van der Waals surface area contributed by atoms with Gasteiger partial charge in [-0.15, -0.1) is 0 Å². The van der Waals surface area contributed by atoms with Crippen molar-refractivity contribution in [3.63, 3.8) is 0 Å². The van der Waals surface area contributed by atoms with Gasteiger partial charge in [0.2, 0.25) is 0 Å². The number of hydrogen-bond donors (Lipinski definition) is 2. The van der Waals surface area contributed by atoms with Crippen molar-refractivity contribution in [2.75, 3.05) is 6.54 Å². The summed E-state index contributed by atoms with van der Waals surface area (Å²) in [5.74, 6) is -0.817. The minimum absolute atomic E-state index is 0.597. The van der Waals surface area contributed by atoms with E-state index in [2.05, 4.69) is 5.32 Å². The molecule has 1 aromatic carbocycles. The average Bonchev–Trinajstić information content (AvgIpc) is 2.24. The van der Waals surface area contributed by atoms with Crippen LogP contribution in [0.5, 0.6) is 0 Å². The summed E-state index contributed by atoms with van der Waals surface area (Å²) in [4.78, 5) is 11.2. The first kappa shape index (κ1) is 12.7. The fourth-order valence-electron chi connectivity index (χ4n) is 1.71. The van der Waals surface area contributed by atoms with E-state index in [1.54, 1.807) is 0 Å². The first-order valence-electron chi connectivity index (χ1n) is 5.60. The van der Waals surface area contributed by atoms with Gasteiger partial charge in [0.25, 0.3) is 0 Å². The van der Waals surface area contributed by atoms with E-state index >= 15 is 0 Å². The predicted octanol–water partition coefficient (Wildman–Crippen LogP) is 2.43. The van der Waals surface area contributed by atoms with Gasteiger partial charge in [-0.2, -0.15) is 0 Å². The Morgan fingerprint density at radius 1 is 1.44 bits per heavy atom. The summed E-state index contributed by atoms with van der Waals surface area (Å²) in [5.41, 5.74) is 3.04. The average molecular weight is 221 g/mol. The smallest absolute Gasteiger partial charge is 0.325 e. The molecule has 1 rings (SSSR count). The molecule has 0 aromatic heterocycles. The number of nitrogens with one attached hydrogen (secondary N) is 1. The van der Waals surface area contributed by atoms with Crippen molar-refractivity contribution in [2.45, 2.75) is 33.2 Å². The topological polar surface area (TPSA) is 49.3 Å². The third-order valence-electron chi connectivity index (χ3n) is 2.80.